The standard InChI is InChI=1S/C12H13BrN2/c1-8-4-5-9(2)10(6-8)11-12(13)15(3)7-14-11/h4-7H,1-3H3. The second-order valence-electron chi connectivity index (χ2n) is 3.81. The Labute approximate surface area is 98.1 Å². The summed E-state index contributed by atoms with van der Waals surface area (Å²) in [5.41, 5.74) is 4.72. The topological polar surface area (TPSA) is 17.8 Å². The molecule has 0 unspecified atom stereocenters. The normalized spacial score (nSPS) is 10.7. The number of imidazole rings is 1. The fourth-order valence-electron chi connectivity index (χ4n) is 1.59. The number of halogens is 1. The molecule has 15 heavy (non-hydrogen) atoms. The van der Waals surface area contributed by atoms with Crippen LogP contribution < -0.4 is 0 Å². The molecule has 1 heterocycles. The molecule has 0 bridgehead atoms. The summed E-state index contributed by atoms with van der Waals surface area (Å²) >= 11 is 3.55. The van der Waals surface area contributed by atoms with Crippen LogP contribution in [-0.2, 0) is 7.05 Å². The van der Waals surface area contributed by atoms with E-state index in [0.717, 1.165) is 10.3 Å². The van der Waals surface area contributed by atoms with Gasteiger partial charge in [0.05, 0.1) is 6.33 Å². The van der Waals surface area contributed by atoms with Gasteiger partial charge in [-0.15, -0.1) is 0 Å². The highest BCUT2D eigenvalue weighted by atomic mass is 79.9. The fourth-order valence-corrected chi connectivity index (χ4v) is 1.99. The lowest BCUT2D eigenvalue weighted by molar-refractivity contribution is 0.891. The van der Waals surface area contributed by atoms with Gasteiger partial charge < -0.3 is 4.57 Å². The van der Waals surface area contributed by atoms with E-state index in [1.54, 1.807) is 0 Å². The maximum Gasteiger partial charge on any atom is 0.112 e. The van der Waals surface area contributed by atoms with E-state index < -0.39 is 0 Å². The highest BCUT2D eigenvalue weighted by Crippen LogP contribution is 2.29. The van der Waals surface area contributed by atoms with Crippen molar-refractivity contribution in [2.45, 2.75) is 13.8 Å². The lowest BCUT2D eigenvalue weighted by Crippen LogP contribution is -1.88. The smallest absolute Gasteiger partial charge is 0.112 e. The van der Waals surface area contributed by atoms with E-state index in [0.29, 0.717) is 0 Å². The predicted octanol–water partition coefficient (Wildman–Crippen LogP) is 3.47. The first-order valence-corrected chi connectivity index (χ1v) is 5.63. The zero-order valence-electron chi connectivity index (χ0n) is 9.08. The van der Waals surface area contributed by atoms with Crippen LogP contribution >= 0.6 is 15.9 Å². The SMILES string of the molecule is Cc1ccc(C)c(-c2ncn(C)c2Br)c1. The first-order chi connectivity index (χ1) is 7.09. The van der Waals surface area contributed by atoms with Crippen LogP contribution in [0.1, 0.15) is 11.1 Å². The number of hydrogen-bond donors (Lipinski definition) is 0. The quantitative estimate of drug-likeness (QED) is 0.772. The summed E-state index contributed by atoms with van der Waals surface area (Å²) < 4.78 is 2.99. The van der Waals surface area contributed by atoms with Crippen LogP contribution in [0.5, 0.6) is 0 Å². The zero-order valence-corrected chi connectivity index (χ0v) is 10.7. The molecule has 78 valence electrons. The van der Waals surface area contributed by atoms with Crippen LogP contribution in [0, 0.1) is 13.8 Å². The Morgan fingerprint density at radius 1 is 1.27 bits per heavy atom. The molecule has 1 aromatic carbocycles. The van der Waals surface area contributed by atoms with Gasteiger partial charge in [0.1, 0.15) is 10.3 Å². The number of nitrogens with zero attached hydrogens (tertiary/aromatic N) is 2. The van der Waals surface area contributed by atoms with Crippen molar-refractivity contribution in [3.63, 3.8) is 0 Å². The summed E-state index contributed by atoms with van der Waals surface area (Å²) in [5, 5.41) is 0. The van der Waals surface area contributed by atoms with Crippen LogP contribution in [0.15, 0.2) is 29.1 Å². The van der Waals surface area contributed by atoms with Crippen molar-refractivity contribution < 1.29 is 0 Å². The molecule has 0 atom stereocenters. The summed E-state index contributed by atoms with van der Waals surface area (Å²) in [4.78, 5) is 4.40. The van der Waals surface area contributed by atoms with Gasteiger partial charge in [-0.05, 0) is 41.4 Å². The van der Waals surface area contributed by atoms with Crippen LogP contribution in [0.4, 0.5) is 0 Å². The van der Waals surface area contributed by atoms with E-state index >= 15 is 0 Å². The molecule has 0 saturated heterocycles. The Morgan fingerprint density at radius 2 is 2.00 bits per heavy atom. The van der Waals surface area contributed by atoms with Crippen molar-refractivity contribution in [3.05, 3.63) is 40.3 Å². The summed E-state index contributed by atoms with van der Waals surface area (Å²) in [7, 11) is 1.98. The molecule has 0 fully saturated rings. The first kappa shape index (κ1) is 10.4. The van der Waals surface area contributed by atoms with Crippen molar-refractivity contribution in [1.29, 1.82) is 0 Å². The molecule has 2 nitrogen and oxygen atoms in total. The molecule has 0 N–H and O–H groups in total. The second-order valence-corrected chi connectivity index (χ2v) is 4.56. The van der Waals surface area contributed by atoms with Gasteiger partial charge in [-0.1, -0.05) is 17.7 Å². The average Bonchev–Trinajstić information content (AvgIpc) is 2.52. The van der Waals surface area contributed by atoms with Gasteiger partial charge in [-0.2, -0.15) is 0 Å². The highest BCUT2D eigenvalue weighted by molar-refractivity contribution is 9.10. The van der Waals surface area contributed by atoms with Gasteiger partial charge in [0, 0.05) is 12.6 Å². The number of hydrogen-bond acceptors (Lipinski definition) is 1. The van der Waals surface area contributed by atoms with Crippen LogP contribution in [0.25, 0.3) is 11.3 Å². The van der Waals surface area contributed by atoms with Crippen LogP contribution in [0.3, 0.4) is 0 Å². The summed E-state index contributed by atoms with van der Waals surface area (Å²) in [6.45, 7) is 4.20. The van der Waals surface area contributed by atoms with Gasteiger partial charge in [0.2, 0.25) is 0 Å². The zero-order chi connectivity index (χ0) is 11.0. The van der Waals surface area contributed by atoms with Gasteiger partial charge in [-0.25, -0.2) is 4.98 Å². The molecule has 0 aliphatic heterocycles. The fraction of sp³-hybridized carbons (Fsp3) is 0.250. The third-order valence-electron chi connectivity index (χ3n) is 2.51. The van der Waals surface area contributed by atoms with Crippen LogP contribution in [0.2, 0.25) is 0 Å². The highest BCUT2D eigenvalue weighted by Gasteiger charge is 2.10. The molecule has 3 heteroatoms. The molecule has 0 radical (unpaired) electrons. The number of aryl methyl sites for hydroxylation is 3. The minimum Gasteiger partial charge on any atom is -0.328 e. The Balaban J connectivity index is 2.63. The van der Waals surface area contributed by atoms with Crippen molar-refractivity contribution >= 4 is 15.9 Å². The van der Waals surface area contributed by atoms with Gasteiger partial charge in [0.15, 0.2) is 0 Å². The van der Waals surface area contributed by atoms with Gasteiger partial charge in [-0.3, -0.25) is 0 Å². The molecular weight excluding hydrogens is 252 g/mol. The number of benzene rings is 1. The van der Waals surface area contributed by atoms with E-state index in [9.17, 15) is 0 Å². The second kappa shape index (κ2) is 3.81. The Bertz CT molecular complexity index is 500. The Kier molecular flexibility index (Phi) is 2.65. The molecule has 2 aromatic rings. The van der Waals surface area contributed by atoms with Gasteiger partial charge in [0.25, 0.3) is 0 Å². The molecule has 2 rings (SSSR count). The largest absolute Gasteiger partial charge is 0.328 e. The average molecular weight is 265 g/mol. The molecule has 0 aliphatic rings. The van der Waals surface area contributed by atoms with E-state index in [-0.39, 0.29) is 0 Å². The molecule has 0 saturated carbocycles. The van der Waals surface area contributed by atoms with E-state index in [1.807, 2.05) is 17.9 Å². The summed E-state index contributed by atoms with van der Waals surface area (Å²) in [6, 6.07) is 6.42. The van der Waals surface area contributed by atoms with E-state index in [2.05, 4.69) is 53.0 Å². The third kappa shape index (κ3) is 1.84. The number of aromatic nitrogens is 2. The summed E-state index contributed by atoms with van der Waals surface area (Å²) in [6.07, 6.45) is 1.82. The Morgan fingerprint density at radius 3 is 2.60 bits per heavy atom. The van der Waals surface area contributed by atoms with Gasteiger partial charge >= 0.3 is 0 Å². The van der Waals surface area contributed by atoms with Crippen LogP contribution in [-0.4, -0.2) is 9.55 Å². The molecule has 0 aliphatic carbocycles. The first-order valence-electron chi connectivity index (χ1n) is 4.84. The molecule has 0 amide bonds. The number of rotatable bonds is 1. The van der Waals surface area contributed by atoms with Crippen molar-refractivity contribution in [1.82, 2.24) is 9.55 Å². The summed E-state index contributed by atoms with van der Waals surface area (Å²) in [5.74, 6) is 0. The maximum atomic E-state index is 4.40. The minimum absolute atomic E-state index is 1.01. The monoisotopic (exact) mass is 264 g/mol. The van der Waals surface area contributed by atoms with E-state index in [1.165, 1.54) is 16.7 Å². The predicted molar refractivity (Wildman–Crippen MR) is 65.8 cm³/mol. The van der Waals surface area contributed by atoms with Crippen molar-refractivity contribution in [2.24, 2.45) is 7.05 Å². The lowest BCUT2D eigenvalue weighted by atomic mass is 10.0. The van der Waals surface area contributed by atoms with E-state index in [4.69, 9.17) is 0 Å². The lowest BCUT2D eigenvalue weighted by Gasteiger charge is -2.05. The maximum absolute atomic E-state index is 4.40. The van der Waals surface area contributed by atoms with Crippen molar-refractivity contribution in [3.8, 4) is 11.3 Å². The third-order valence-corrected chi connectivity index (χ3v) is 3.45. The molecular formula is C12H13BrN2. The minimum atomic E-state index is 1.01. The Hall–Kier alpha value is -1.09. The van der Waals surface area contributed by atoms with Crippen molar-refractivity contribution in [2.75, 3.05) is 0 Å². The molecule has 0 spiro atoms. The molecule has 1 aromatic heterocycles.